The normalized spacial score (nSPS) is 21.9. The summed E-state index contributed by atoms with van der Waals surface area (Å²) < 4.78 is 35.6. The molecule has 0 radical (unpaired) electrons. The summed E-state index contributed by atoms with van der Waals surface area (Å²) in [5.41, 5.74) is 0.766. The number of nitrogens with zero attached hydrogens (tertiary/aromatic N) is 1. The highest BCUT2D eigenvalue weighted by Gasteiger charge is 2.34. The first-order chi connectivity index (χ1) is 10.3. The third kappa shape index (κ3) is 4.43. The van der Waals surface area contributed by atoms with Gasteiger partial charge < -0.3 is 10.2 Å². The minimum atomic E-state index is -3.11. The van der Waals surface area contributed by atoms with Gasteiger partial charge in [-0.1, -0.05) is 19.1 Å². The second kappa shape index (κ2) is 6.64. The molecular formula is C15H21FN2O3S. The number of amides is 2. The van der Waals surface area contributed by atoms with Crippen molar-refractivity contribution in [2.75, 3.05) is 25.1 Å². The van der Waals surface area contributed by atoms with E-state index in [0.717, 1.165) is 18.2 Å². The van der Waals surface area contributed by atoms with Crippen molar-refractivity contribution in [2.24, 2.45) is 5.92 Å². The molecular weight excluding hydrogens is 307 g/mol. The first-order valence-corrected chi connectivity index (χ1v) is 9.30. The zero-order valence-electron chi connectivity index (χ0n) is 12.8. The van der Waals surface area contributed by atoms with Gasteiger partial charge in [0.15, 0.2) is 0 Å². The Hall–Kier alpha value is -1.63. The first kappa shape index (κ1) is 16.7. The Morgan fingerprint density at radius 1 is 1.45 bits per heavy atom. The van der Waals surface area contributed by atoms with Crippen LogP contribution in [0.3, 0.4) is 0 Å². The number of urea groups is 1. The summed E-state index contributed by atoms with van der Waals surface area (Å²) in [4.78, 5) is 13.9. The van der Waals surface area contributed by atoms with Crippen LogP contribution in [0.2, 0.25) is 0 Å². The molecule has 5 nitrogen and oxygen atoms in total. The maximum atomic E-state index is 13.4. The van der Waals surface area contributed by atoms with Crippen molar-refractivity contribution in [2.45, 2.75) is 19.4 Å². The molecule has 22 heavy (non-hydrogen) atoms. The van der Waals surface area contributed by atoms with E-state index in [4.69, 9.17) is 0 Å². The number of halogens is 1. The number of rotatable bonds is 4. The number of carbonyl (C=O) groups excluding carboxylic acids is 1. The quantitative estimate of drug-likeness (QED) is 0.919. The second-order valence-electron chi connectivity index (χ2n) is 5.93. The highest BCUT2D eigenvalue weighted by molar-refractivity contribution is 7.90. The van der Waals surface area contributed by atoms with Crippen molar-refractivity contribution in [3.63, 3.8) is 0 Å². The molecule has 0 aliphatic carbocycles. The number of benzene rings is 1. The molecule has 1 heterocycles. The molecule has 0 bridgehead atoms. The Labute approximate surface area is 130 Å². The molecule has 1 aromatic carbocycles. The Morgan fingerprint density at radius 2 is 2.18 bits per heavy atom. The third-order valence-electron chi connectivity index (χ3n) is 3.75. The lowest BCUT2D eigenvalue weighted by Crippen LogP contribution is -2.41. The van der Waals surface area contributed by atoms with Gasteiger partial charge in [0.25, 0.3) is 0 Å². The molecule has 0 saturated carbocycles. The fraction of sp³-hybridized carbons (Fsp3) is 0.533. The van der Waals surface area contributed by atoms with Crippen LogP contribution in [0.25, 0.3) is 0 Å². The van der Waals surface area contributed by atoms with Crippen LogP contribution in [0.4, 0.5) is 9.18 Å². The monoisotopic (exact) mass is 328 g/mol. The molecule has 7 heteroatoms. The van der Waals surface area contributed by atoms with Gasteiger partial charge in [-0.3, -0.25) is 0 Å². The average molecular weight is 328 g/mol. The number of likely N-dealkylation sites (tertiary alicyclic amines) is 1. The van der Waals surface area contributed by atoms with Crippen LogP contribution in [-0.2, 0) is 9.84 Å². The van der Waals surface area contributed by atoms with Gasteiger partial charge in [0, 0.05) is 19.3 Å². The summed E-state index contributed by atoms with van der Waals surface area (Å²) >= 11 is 0. The zero-order valence-corrected chi connectivity index (χ0v) is 13.6. The molecule has 2 rings (SSSR count). The molecule has 1 aliphatic heterocycles. The third-order valence-corrected chi connectivity index (χ3v) is 4.70. The molecule has 0 spiro atoms. The van der Waals surface area contributed by atoms with Crippen LogP contribution in [0.15, 0.2) is 24.3 Å². The van der Waals surface area contributed by atoms with Gasteiger partial charge in [-0.25, -0.2) is 17.6 Å². The second-order valence-corrected chi connectivity index (χ2v) is 8.19. The smallest absolute Gasteiger partial charge is 0.317 e. The van der Waals surface area contributed by atoms with E-state index in [0.29, 0.717) is 12.5 Å². The molecule has 2 atom stereocenters. The zero-order chi connectivity index (χ0) is 16.3. The van der Waals surface area contributed by atoms with Crippen molar-refractivity contribution in [3.8, 4) is 0 Å². The number of carbonyl (C=O) groups is 1. The van der Waals surface area contributed by atoms with E-state index >= 15 is 0 Å². The van der Waals surface area contributed by atoms with Gasteiger partial charge in [-0.05, 0) is 30.0 Å². The summed E-state index contributed by atoms with van der Waals surface area (Å²) in [7, 11) is -3.11. The summed E-state index contributed by atoms with van der Waals surface area (Å²) in [6.45, 7) is 2.69. The van der Waals surface area contributed by atoms with E-state index in [1.807, 2.05) is 13.0 Å². The van der Waals surface area contributed by atoms with Gasteiger partial charge in [-0.15, -0.1) is 0 Å². The topological polar surface area (TPSA) is 66.5 Å². The lowest BCUT2D eigenvalue weighted by molar-refractivity contribution is 0.192. The van der Waals surface area contributed by atoms with Crippen LogP contribution in [0, 0.1) is 11.7 Å². The number of hydrogen-bond donors (Lipinski definition) is 1. The predicted octanol–water partition coefficient (Wildman–Crippen LogP) is 1.96. The van der Waals surface area contributed by atoms with Gasteiger partial charge in [-0.2, -0.15) is 0 Å². The minimum Gasteiger partial charge on any atom is -0.337 e. The van der Waals surface area contributed by atoms with Gasteiger partial charge >= 0.3 is 6.03 Å². The van der Waals surface area contributed by atoms with E-state index in [1.54, 1.807) is 11.0 Å². The van der Waals surface area contributed by atoms with Crippen molar-refractivity contribution in [1.82, 2.24) is 10.2 Å². The SMILES string of the molecule is C[C@@H]1C[C@H](c2cccc(F)c2)N(C(=O)NCCS(C)(=O)=O)C1. The molecule has 1 aliphatic rings. The average Bonchev–Trinajstić information content (AvgIpc) is 2.79. The Bertz CT molecular complexity index is 648. The largest absolute Gasteiger partial charge is 0.337 e. The van der Waals surface area contributed by atoms with Crippen LogP contribution < -0.4 is 5.32 Å². The predicted molar refractivity (Wildman–Crippen MR) is 82.7 cm³/mol. The van der Waals surface area contributed by atoms with Crippen LogP contribution >= 0.6 is 0 Å². The fourth-order valence-electron chi connectivity index (χ4n) is 2.75. The van der Waals surface area contributed by atoms with Gasteiger partial charge in [0.1, 0.15) is 15.7 Å². The van der Waals surface area contributed by atoms with Crippen LogP contribution in [0.5, 0.6) is 0 Å². The molecule has 1 N–H and O–H groups in total. The number of sulfone groups is 1. The minimum absolute atomic E-state index is 0.0818. The molecule has 2 amide bonds. The lowest BCUT2D eigenvalue weighted by Gasteiger charge is -2.25. The van der Waals surface area contributed by atoms with Crippen LogP contribution in [-0.4, -0.2) is 44.4 Å². The number of hydrogen-bond acceptors (Lipinski definition) is 3. The summed E-state index contributed by atoms with van der Waals surface area (Å²) in [6, 6.07) is 5.78. The Balaban J connectivity index is 2.06. The van der Waals surface area contributed by atoms with Gasteiger partial charge in [0.2, 0.25) is 0 Å². The summed E-state index contributed by atoms with van der Waals surface area (Å²) in [5.74, 6) is -0.101. The summed E-state index contributed by atoms with van der Waals surface area (Å²) in [6.07, 6.45) is 1.90. The van der Waals surface area contributed by atoms with Crippen molar-refractivity contribution >= 4 is 15.9 Å². The standard InChI is InChI=1S/C15H21FN2O3S/c1-11-8-14(12-4-3-5-13(16)9-12)18(10-11)15(19)17-6-7-22(2,20)21/h3-5,9,11,14H,6-8,10H2,1-2H3,(H,17,19)/t11-,14-/m1/s1. The van der Waals surface area contributed by atoms with E-state index in [1.165, 1.54) is 12.1 Å². The van der Waals surface area contributed by atoms with Crippen LogP contribution in [0.1, 0.15) is 24.9 Å². The van der Waals surface area contributed by atoms with Gasteiger partial charge in [0.05, 0.1) is 11.8 Å². The molecule has 122 valence electrons. The molecule has 1 aromatic rings. The lowest BCUT2D eigenvalue weighted by atomic mass is 10.0. The molecule has 1 saturated heterocycles. The Kier molecular flexibility index (Phi) is 5.05. The molecule has 1 fully saturated rings. The molecule has 0 aromatic heterocycles. The highest BCUT2D eigenvalue weighted by atomic mass is 32.2. The fourth-order valence-corrected chi connectivity index (χ4v) is 3.22. The van der Waals surface area contributed by atoms with E-state index < -0.39 is 9.84 Å². The molecule has 0 unspecified atom stereocenters. The highest BCUT2D eigenvalue weighted by Crippen LogP contribution is 2.35. The summed E-state index contributed by atoms with van der Waals surface area (Å²) in [5, 5.41) is 2.63. The van der Waals surface area contributed by atoms with E-state index in [-0.39, 0.29) is 30.2 Å². The van der Waals surface area contributed by atoms with Crippen molar-refractivity contribution in [1.29, 1.82) is 0 Å². The van der Waals surface area contributed by atoms with E-state index in [9.17, 15) is 17.6 Å². The van der Waals surface area contributed by atoms with Crippen molar-refractivity contribution in [3.05, 3.63) is 35.6 Å². The maximum absolute atomic E-state index is 13.4. The first-order valence-electron chi connectivity index (χ1n) is 7.24. The maximum Gasteiger partial charge on any atom is 0.317 e. The number of nitrogens with one attached hydrogen (secondary N) is 1. The van der Waals surface area contributed by atoms with E-state index in [2.05, 4.69) is 5.32 Å². The van der Waals surface area contributed by atoms with Crippen molar-refractivity contribution < 1.29 is 17.6 Å². The Morgan fingerprint density at radius 3 is 2.82 bits per heavy atom.